The summed E-state index contributed by atoms with van der Waals surface area (Å²) in [6.45, 7) is 4.35. The van der Waals surface area contributed by atoms with Gasteiger partial charge in [-0.2, -0.15) is 0 Å². The molecule has 0 atom stereocenters. The zero-order chi connectivity index (χ0) is 12.3. The van der Waals surface area contributed by atoms with Crippen LogP contribution in [0.25, 0.3) is 0 Å². The van der Waals surface area contributed by atoms with Crippen molar-refractivity contribution in [1.29, 1.82) is 0 Å². The average molecular weight is 220 g/mol. The van der Waals surface area contributed by atoms with Crippen molar-refractivity contribution in [1.82, 2.24) is 4.90 Å². The van der Waals surface area contributed by atoms with Gasteiger partial charge in [0, 0.05) is 13.6 Å². The van der Waals surface area contributed by atoms with Crippen molar-refractivity contribution in [2.24, 2.45) is 5.73 Å². The lowest BCUT2D eigenvalue weighted by molar-refractivity contribution is -0.143. The van der Waals surface area contributed by atoms with E-state index in [1.54, 1.807) is 7.05 Å². The molecule has 2 amide bonds. The number of amides is 2. The topological polar surface area (TPSA) is 63.4 Å². The lowest BCUT2D eigenvalue weighted by Gasteiger charge is -2.17. The molecule has 0 heterocycles. The van der Waals surface area contributed by atoms with Crippen molar-refractivity contribution in [3.8, 4) is 0 Å². The first-order valence-electron chi connectivity index (χ1n) is 5.03. The van der Waals surface area contributed by atoms with Gasteiger partial charge >= 0.3 is 11.8 Å². The van der Waals surface area contributed by atoms with Gasteiger partial charge in [-0.05, 0) is 25.0 Å². The summed E-state index contributed by atoms with van der Waals surface area (Å²) >= 11 is 0. The van der Waals surface area contributed by atoms with E-state index in [-0.39, 0.29) is 0 Å². The summed E-state index contributed by atoms with van der Waals surface area (Å²) < 4.78 is 0. The summed E-state index contributed by atoms with van der Waals surface area (Å²) in [6, 6.07) is 6.00. The molecule has 0 unspecified atom stereocenters. The highest BCUT2D eigenvalue weighted by Gasteiger charge is 2.15. The molecular formula is C12H16N2O2. The van der Waals surface area contributed by atoms with Crippen LogP contribution in [0.15, 0.2) is 18.2 Å². The predicted octanol–water partition coefficient (Wildman–Crippen LogP) is 0.747. The van der Waals surface area contributed by atoms with Gasteiger partial charge in [0.05, 0.1) is 0 Å². The molecule has 1 aromatic rings. The van der Waals surface area contributed by atoms with Crippen LogP contribution in [0.4, 0.5) is 0 Å². The van der Waals surface area contributed by atoms with Crippen LogP contribution in [0.2, 0.25) is 0 Å². The fraction of sp³-hybridized carbons (Fsp3) is 0.333. The Morgan fingerprint density at radius 3 is 2.50 bits per heavy atom. The molecule has 2 N–H and O–H groups in total. The molecule has 0 spiro atoms. The second kappa shape index (κ2) is 4.79. The van der Waals surface area contributed by atoms with Gasteiger partial charge in [-0.3, -0.25) is 9.59 Å². The number of likely N-dealkylation sites (N-methyl/N-ethyl adjacent to an activating group) is 1. The molecule has 0 fully saturated rings. The van der Waals surface area contributed by atoms with Gasteiger partial charge in [-0.25, -0.2) is 0 Å². The van der Waals surface area contributed by atoms with E-state index in [1.165, 1.54) is 4.90 Å². The summed E-state index contributed by atoms with van der Waals surface area (Å²) in [4.78, 5) is 23.3. The van der Waals surface area contributed by atoms with Gasteiger partial charge in [-0.15, -0.1) is 0 Å². The number of carbonyl (C=O) groups is 2. The summed E-state index contributed by atoms with van der Waals surface area (Å²) in [6.07, 6.45) is 0. The Bertz CT molecular complexity index is 427. The predicted molar refractivity (Wildman–Crippen MR) is 61.6 cm³/mol. The standard InChI is InChI=1S/C12H16N2O2/c1-8-4-5-9(2)10(6-8)7-14(3)12(16)11(13)15/h4-6H,7H2,1-3H3,(H2,13,15). The number of hydrogen-bond acceptors (Lipinski definition) is 2. The Morgan fingerprint density at radius 1 is 1.31 bits per heavy atom. The Hall–Kier alpha value is -1.84. The van der Waals surface area contributed by atoms with Crippen LogP contribution in [-0.4, -0.2) is 23.8 Å². The minimum atomic E-state index is -0.923. The minimum Gasteiger partial charge on any atom is -0.361 e. The quantitative estimate of drug-likeness (QED) is 0.747. The second-order valence-electron chi connectivity index (χ2n) is 3.96. The van der Waals surface area contributed by atoms with Crippen LogP contribution in [0.3, 0.4) is 0 Å². The Kier molecular flexibility index (Phi) is 3.66. The summed E-state index contributed by atoms with van der Waals surface area (Å²) in [5.74, 6) is -1.59. The number of benzene rings is 1. The van der Waals surface area contributed by atoms with Crippen molar-refractivity contribution in [2.45, 2.75) is 20.4 Å². The molecule has 0 bridgehead atoms. The van der Waals surface area contributed by atoms with Crippen LogP contribution in [0.5, 0.6) is 0 Å². The van der Waals surface area contributed by atoms with Gasteiger partial charge in [-0.1, -0.05) is 23.8 Å². The van der Waals surface area contributed by atoms with Gasteiger partial charge in [0.1, 0.15) is 0 Å². The van der Waals surface area contributed by atoms with Crippen LogP contribution in [0.1, 0.15) is 16.7 Å². The third-order valence-corrected chi connectivity index (χ3v) is 2.47. The largest absolute Gasteiger partial charge is 0.361 e. The van der Waals surface area contributed by atoms with E-state index in [0.29, 0.717) is 6.54 Å². The van der Waals surface area contributed by atoms with Crippen molar-refractivity contribution in [2.75, 3.05) is 7.05 Å². The van der Waals surface area contributed by atoms with Crippen molar-refractivity contribution in [3.05, 3.63) is 34.9 Å². The Balaban J connectivity index is 2.84. The highest BCUT2D eigenvalue weighted by molar-refractivity contribution is 6.34. The highest BCUT2D eigenvalue weighted by Crippen LogP contribution is 2.12. The molecule has 1 rings (SSSR count). The van der Waals surface area contributed by atoms with Crippen LogP contribution >= 0.6 is 0 Å². The van der Waals surface area contributed by atoms with Gasteiger partial charge in [0.15, 0.2) is 0 Å². The van der Waals surface area contributed by atoms with Gasteiger partial charge in [0.25, 0.3) is 0 Å². The van der Waals surface area contributed by atoms with Gasteiger partial charge in [0.2, 0.25) is 0 Å². The van der Waals surface area contributed by atoms with E-state index in [0.717, 1.165) is 16.7 Å². The molecule has 86 valence electrons. The second-order valence-corrected chi connectivity index (χ2v) is 3.96. The number of aryl methyl sites for hydroxylation is 2. The van der Waals surface area contributed by atoms with Crippen molar-refractivity contribution < 1.29 is 9.59 Å². The number of primary amides is 1. The first kappa shape index (κ1) is 12.2. The maximum absolute atomic E-state index is 11.3. The van der Waals surface area contributed by atoms with Crippen LogP contribution in [-0.2, 0) is 16.1 Å². The van der Waals surface area contributed by atoms with Gasteiger partial charge < -0.3 is 10.6 Å². The van der Waals surface area contributed by atoms with E-state index >= 15 is 0 Å². The number of carbonyl (C=O) groups excluding carboxylic acids is 2. The van der Waals surface area contributed by atoms with Crippen molar-refractivity contribution in [3.63, 3.8) is 0 Å². The maximum Gasteiger partial charge on any atom is 0.311 e. The number of nitrogens with two attached hydrogens (primary N) is 1. The van der Waals surface area contributed by atoms with E-state index in [1.807, 2.05) is 32.0 Å². The van der Waals surface area contributed by atoms with Crippen molar-refractivity contribution >= 4 is 11.8 Å². The monoisotopic (exact) mass is 220 g/mol. The number of hydrogen-bond donors (Lipinski definition) is 1. The zero-order valence-corrected chi connectivity index (χ0v) is 9.78. The molecule has 0 aliphatic heterocycles. The van der Waals surface area contributed by atoms with E-state index < -0.39 is 11.8 Å². The molecule has 16 heavy (non-hydrogen) atoms. The summed E-state index contributed by atoms with van der Waals surface area (Å²) in [5.41, 5.74) is 8.17. The lowest BCUT2D eigenvalue weighted by Crippen LogP contribution is -2.37. The Labute approximate surface area is 95.0 Å². The molecular weight excluding hydrogens is 204 g/mol. The maximum atomic E-state index is 11.3. The smallest absolute Gasteiger partial charge is 0.311 e. The normalized spacial score (nSPS) is 9.94. The van der Waals surface area contributed by atoms with E-state index in [9.17, 15) is 9.59 Å². The first-order valence-corrected chi connectivity index (χ1v) is 5.03. The third-order valence-electron chi connectivity index (χ3n) is 2.47. The third kappa shape index (κ3) is 2.82. The van der Waals surface area contributed by atoms with Crippen LogP contribution < -0.4 is 5.73 Å². The van der Waals surface area contributed by atoms with E-state index in [2.05, 4.69) is 0 Å². The zero-order valence-electron chi connectivity index (χ0n) is 9.78. The first-order chi connectivity index (χ1) is 7.41. The molecule has 0 aromatic heterocycles. The molecule has 0 radical (unpaired) electrons. The molecule has 0 aliphatic carbocycles. The SMILES string of the molecule is Cc1ccc(C)c(CN(C)C(=O)C(N)=O)c1. The fourth-order valence-corrected chi connectivity index (χ4v) is 1.49. The number of nitrogens with zero attached hydrogens (tertiary/aromatic N) is 1. The fourth-order valence-electron chi connectivity index (χ4n) is 1.49. The molecule has 0 saturated heterocycles. The summed E-state index contributed by atoms with van der Waals surface area (Å²) in [5, 5.41) is 0. The molecule has 4 heteroatoms. The minimum absolute atomic E-state index is 0.398. The molecule has 0 aliphatic rings. The Morgan fingerprint density at radius 2 is 1.94 bits per heavy atom. The average Bonchev–Trinajstić information content (AvgIpc) is 2.22. The molecule has 0 saturated carbocycles. The van der Waals surface area contributed by atoms with Crippen LogP contribution in [0, 0.1) is 13.8 Å². The molecule has 1 aromatic carbocycles. The lowest BCUT2D eigenvalue weighted by atomic mass is 10.1. The van der Waals surface area contributed by atoms with E-state index in [4.69, 9.17) is 5.73 Å². The summed E-state index contributed by atoms with van der Waals surface area (Å²) in [7, 11) is 1.56. The molecule has 4 nitrogen and oxygen atoms in total. The highest BCUT2D eigenvalue weighted by atomic mass is 16.2. The number of rotatable bonds is 2.